The summed E-state index contributed by atoms with van der Waals surface area (Å²) in [5, 5.41) is 11.8. The van der Waals surface area contributed by atoms with Crippen molar-refractivity contribution in [1.29, 1.82) is 5.26 Å². The number of carbonyl (C=O) groups excluding carboxylic acids is 1. The van der Waals surface area contributed by atoms with E-state index < -0.39 is 0 Å². The molecule has 1 amide bonds. The van der Waals surface area contributed by atoms with E-state index in [9.17, 15) is 4.79 Å². The van der Waals surface area contributed by atoms with Crippen molar-refractivity contribution in [2.24, 2.45) is 0 Å². The molecule has 0 aliphatic rings. The van der Waals surface area contributed by atoms with Gasteiger partial charge >= 0.3 is 0 Å². The third-order valence-corrected chi connectivity index (χ3v) is 2.99. The quantitative estimate of drug-likeness (QED) is 0.850. The number of amides is 1. The lowest BCUT2D eigenvalue weighted by molar-refractivity contribution is 0.102. The van der Waals surface area contributed by atoms with Crippen LogP contribution in [0.4, 0.5) is 11.4 Å². The van der Waals surface area contributed by atoms with Crippen LogP contribution in [0.15, 0.2) is 42.5 Å². The van der Waals surface area contributed by atoms with Gasteiger partial charge < -0.3 is 11.1 Å². The predicted molar refractivity (Wildman–Crippen MR) is 79.6 cm³/mol. The Balaban J connectivity index is 2.15. The second-order valence-electron chi connectivity index (χ2n) is 4.22. The molecule has 2 rings (SSSR count). The van der Waals surface area contributed by atoms with Gasteiger partial charge in [0, 0.05) is 16.4 Å². The van der Waals surface area contributed by atoms with E-state index in [2.05, 4.69) is 11.4 Å². The molecule has 0 aliphatic carbocycles. The minimum absolute atomic E-state index is 0.321. The zero-order valence-corrected chi connectivity index (χ0v) is 11.3. The van der Waals surface area contributed by atoms with E-state index in [0.29, 0.717) is 28.4 Å². The molecule has 0 saturated heterocycles. The van der Waals surface area contributed by atoms with Crippen molar-refractivity contribution in [3.8, 4) is 6.07 Å². The largest absolute Gasteiger partial charge is 0.398 e. The molecule has 0 saturated carbocycles. The summed E-state index contributed by atoms with van der Waals surface area (Å²) in [6, 6.07) is 13.9. The summed E-state index contributed by atoms with van der Waals surface area (Å²) in [4.78, 5) is 12.1. The van der Waals surface area contributed by atoms with E-state index in [0.717, 1.165) is 5.56 Å². The molecule has 0 unspecified atom stereocenters. The lowest BCUT2D eigenvalue weighted by Crippen LogP contribution is -2.14. The highest BCUT2D eigenvalue weighted by atomic mass is 35.5. The van der Waals surface area contributed by atoms with Crippen molar-refractivity contribution in [3.63, 3.8) is 0 Å². The van der Waals surface area contributed by atoms with Crippen LogP contribution >= 0.6 is 11.6 Å². The Bertz CT molecular complexity index is 675. The number of carbonyl (C=O) groups is 1. The number of nitrogens with one attached hydrogen (secondary N) is 1. The first kappa shape index (κ1) is 13.9. The smallest absolute Gasteiger partial charge is 0.257 e. The molecule has 100 valence electrons. The minimum Gasteiger partial charge on any atom is -0.398 e. The maximum absolute atomic E-state index is 12.1. The first-order chi connectivity index (χ1) is 9.60. The molecule has 2 aromatic rings. The molecule has 3 N–H and O–H groups in total. The van der Waals surface area contributed by atoms with Crippen molar-refractivity contribution in [3.05, 3.63) is 58.6 Å². The summed E-state index contributed by atoms with van der Waals surface area (Å²) >= 11 is 5.85. The fraction of sp³-hybridized carbons (Fsp3) is 0.0667. The van der Waals surface area contributed by atoms with E-state index in [-0.39, 0.29) is 5.91 Å². The molecule has 2 aromatic carbocycles. The van der Waals surface area contributed by atoms with Gasteiger partial charge in [0.1, 0.15) is 0 Å². The lowest BCUT2D eigenvalue weighted by Gasteiger charge is -2.08. The van der Waals surface area contributed by atoms with Crippen molar-refractivity contribution in [2.75, 3.05) is 11.1 Å². The van der Waals surface area contributed by atoms with Gasteiger partial charge in [-0.15, -0.1) is 0 Å². The maximum Gasteiger partial charge on any atom is 0.257 e. The van der Waals surface area contributed by atoms with Crippen LogP contribution in [-0.2, 0) is 6.42 Å². The van der Waals surface area contributed by atoms with Gasteiger partial charge in [-0.05, 0) is 35.9 Å². The van der Waals surface area contributed by atoms with Gasteiger partial charge in [0.2, 0.25) is 0 Å². The lowest BCUT2D eigenvalue weighted by atomic mass is 10.1. The summed E-state index contributed by atoms with van der Waals surface area (Å²) in [5.74, 6) is -0.321. The number of nitrogens with two attached hydrogens (primary N) is 1. The van der Waals surface area contributed by atoms with Crippen LogP contribution in [0.2, 0.25) is 5.02 Å². The summed E-state index contributed by atoms with van der Waals surface area (Å²) < 4.78 is 0. The Kier molecular flexibility index (Phi) is 4.24. The van der Waals surface area contributed by atoms with E-state index in [1.807, 2.05) is 0 Å². The van der Waals surface area contributed by atoms with Gasteiger partial charge in [0.25, 0.3) is 5.91 Å². The fourth-order valence-electron chi connectivity index (χ4n) is 1.72. The Hall–Kier alpha value is -2.51. The molecule has 20 heavy (non-hydrogen) atoms. The molecular weight excluding hydrogens is 274 g/mol. The van der Waals surface area contributed by atoms with Crippen LogP contribution in [0.5, 0.6) is 0 Å². The third kappa shape index (κ3) is 3.28. The first-order valence-corrected chi connectivity index (χ1v) is 6.30. The molecule has 0 bridgehead atoms. The van der Waals surface area contributed by atoms with E-state index >= 15 is 0 Å². The van der Waals surface area contributed by atoms with Crippen LogP contribution in [-0.4, -0.2) is 5.91 Å². The predicted octanol–water partition coefficient (Wildman–Crippen LogP) is 3.24. The molecule has 0 spiro atoms. The SMILES string of the molecule is N#CCc1ccc(NC(=O)c2cc(Cl)ccc2N)cc1. The standard InChI is InChI=1S/C15H12ClN3O/c16-11-3-6-14(18)13(9-11)15(20)19-12-4-1-10(2-5-12)7-8-17/h1-6,9H,7,18H2,(H,19,20). The Morgan fingerprint density at radius 3 is 2.60 bits per heavy atom. The summed E-state index contributed by atoms with van der Waals surface area (Å²) in [6.07, 6.45) is 0.343. The van der Waals surface area contributed by atoms with E-state index in [1.54, 1.807) is 36.4 Å². The number of hydrogen-bond donors (Lipinski definition) is 2. The van der Waals surface area contributed by atoms with Crippen LogP contribution in [0.1, 0.15) is 15.9 Å². The molecule has 0 heterocycles. The number of halogens is 1. The van der Waals surface area contributed by atoms with Crippen molar-refractivity contribution in [1.82, 2.24) is 0 Å². The van der Waals surface area contributed by atoms with Gasteiger partial charge in [-0.2, -0.15) is 5.26 Å². The fourth-order valence-corrected chi connectivity index (χ4v) is 1.89. The first-order valence-electron chi connectivity index (χ1n) is 5.92. The third-order valence-electron chi connectivity index (χ3n) is 2.75. The number of anilines is 2. The normalized spacial score (nSPS) is 9.80. The molecular formula is C15H12ClN3O. The number of benzene rings is 2. The van der Waals surface area contributed by atoms with Crippen LogP contribution < -0.4 is 11.1 Å². The second kappa shape index (κ2) is 6.09. The molecule has 0 fully saturated rings. The van der Waals surface area contributed by atoms with Gasteiger partial charge in [0.15, 0.2) is 0 Å². The average molecular weight is 286 g/mol. The number of hydrogen-bond acceptors (Lipinski definition) is 3. The molecule has 4 nitrogen and oxygen atoms in total. The average Bonchev–Trinajstić information content (AvgIpc) is 2.44. The number of nitrogen functional groups attached to an aromatic ring is 1. The molecule has 0 aliphatic heterocycles. The zero-order chi connectivity index (χ0) is 14.5. The van der Waals surface area contributed by atoms with Gasteiger partial charge in [-0.25, -0.2) is 0 Å². The highest BCUT2D eigenvalue weighted by molar-refractivity contribution is 6.31. The van der Waals surface area contributed by atoms with Gasteiger partial charge in [-0.3, -0.25) is 4.79 Å². The maximum atomic E-state index is 12.1. The summed E-state index contributed by atoms with van der Waals surface area (Å²) in [6.45, 7) is 0. The molecule has 5 heteroatoms. The van der Waals surface area contributed by atoms with Crippen LogP contribution in [0.25, 0.3) is 0 Å². The number of nitriles is 1. The minimum atomic E-state index is -0.321. The van der Waals surface area contributed by atoms with Crippen molar-refractivity contribution < 1.29 is 4.79 Å². The Labute approximate surface area is 121 Å². The zero-order valence-electron chi connectivity index (χ0n) is 10.6. The van der Waals surface area contributed by atoms with E-state index in [4.69, 9.17) is 22.6 Å². The van der Waals surface area contributed by atoms with Crippen molar-refractivity contribution >= 4 is 28.9 Å². The summed E-state index contributed by atoms with van der Waals surface area (Å²) in [5.41, 5.74) is 7.98. The Morgan fingerprint density at radius 2 is 1.95 bits per heavy atom. The highest BCUT2D eigenvalue weighted by Crippen LogP contribution is 2.19. The number of nitrogens with zero attached hydrogens (tertiary/aromatic N) is 1. The molecule has 0 radical (unpaired) electrons. The highest BCUT2D eigenvalue weighted by Gasteiger charge is 2.10. The van der Waals surface area contributed by atoms with Crippen LogP contribution in [0.3, 0.4) is 0 Å². The number of rotatable bonds is 3. The monoisotopic (exact) mass is 285 g/mol. The van der Waals surface area contributed by atoms with Gasteiger partial charge in [0.05, 0.1) is 18.1 Å². The second-order valence-corrected chi connectivity index (χ2v) is 4.65. The van der Waals surface area contributed by atoms with Crippen molar-refractivity contribution in [2.45, 2.75) is 6.42 Å². The molecule has 0 atom stereocenters. The van der Waals surface area contributed by atoms with E-state index in [1.165, 1.54) is 6.07 Å². The van der Waals surface area contributed by atoms with Crippen LogP contribution in [0, 0.1) is 11.3 Å². The van der Waals surface area contributed by atoms with Gasteiger partial charge in [-0.1, -0.05) is 23.7 Å². The molecule has 0 aromatic heterocycles. The topological polar surface area (TPSA) is 78.9 Å². The Morgan fingerprint density at radius 1 is 1.25 bits per heavy atom. The summed E-state index contributed by atoms with van der Waals surface area (Å²) in [7, 11) is 0.